The predicted molar refractivity (Wildman–Crippen MR) is 79.1 cm³/mol. The van der Waals surface area contributed by atoms with Crippen molar-refractivity contribution in [2.75, 3.05) is 21.3 Å². The molecule has 7 nitrogen and oxygen atoms in total. The van der Waals surface area contributed by atoms with Gasteiger partial charge >= 0.3 is 0 Å². The summed E-state index contributed by atoms with van der Waals surface area (Å²) in [6.45, 7) is 0. The molecule has 0 saturated heterocycles. The summed E-state index contributed by atoms with van der Waals surface area (Å²) >= 11 is 0. The molecule has 1 N–H and O–H groups in total. The monoisotopic (exact) mass is 298 g/mol. The molecule has 0 fully saturated rings. The highest BCUT2D eigenvalue weighted by molar-refractivity contribution is 5.91. The molecule has 22 heavy (non-hydrogen) atoms. The largest absolute Gasteiger partial charge is 0.493 e. The van der Waals surface area contributed by atoms with Gasteiger partial charge in [-0.1, -0.05) is 0 Å². The van der Waals surface area contributed by atoms with Gasteiger partial charge in [0, 0.05) is 5.56 Å². The standard InChI is InChI=1S/C15H14N4O3/c1-20-12-5-4-9(6-13(12)21-2)11-8-18-14(15(17)22-3)10(7-16)19-11/h4-6,8,17H,1-3H3. The van der Waals surface area contributed by atoms with Crippen LogP contribution in [0.3, 0.4) is 0 Å². The molecule has 0 amide bonds. The van der Waals surface area contributed by atoms with Gasteiger partial charge in [0.05, 0.1) is 33.2 Å². The van der Waals surface area contributed by atoms with E-state index in [-0.39, 0.29) is 17.3 Å². The SMILES string of the molecule is COC(=N)c1ncc(-c2ccc(OC)c(OC)c2)nc1C#N. The zero-order valence-corrected chi connectivity index (χ0v) is 12.4. The van der Waals surface area contributed by atoms with Gasteiger partial charge < -0.3 is 14.2 Å². The lowest BCUT2D eigenvalue weighted by molar-refractivity contribution is 0.355. The number of aromatic nitrogens is 2. The number of rotatable bonds is 4. The smallest absolute Gasteiger partial charge is 0.235 e. The van der Waals surface area contributed by atoms with Crippen LogP contribution in [0, 0.1) is 16.7 Å². The Kier molecular flexibility index (Phi) is 4.53. The maximum atomic E-state index is 9.17. The summed E-state index contributed by atoms with van der Waals surface area (Å²) in [5.74, 6) is 0.939. The molecule has 2 aromatic rings. The van der Waals surface area contributed by atoms with E-state index in [1.807, 2.05) is 6.07 Å². The van der Waals surface area contributed by atoms with E-state index in [0.29, 0.717) is 17.2 Å². The van der Waals surface area contributed by atoms with Crippen LogP contribution in [0.2, 0.25) is 0 Å². The molecule has 0 saturated carbocycles. The summed E-state index contributed by atoms with van der Waals surface area (Å²) in [7, 11) is 4.43. The molecule has 0 spiro atoms. The van der Waals surface area contributed by atoms with Gasteiger partial charge in [-0.2, -0.15) is 5.26 Å². The van der Waals surface area contributed by atoms with Crippen LogP contribution in [0.25, 0.3) is 11.3 Å². The van der Waals surface area contributed by atoms with Crippen LogP contribution >= 0.6 is 0 Å². The first-order valence-electron chi connectivity index (χ1n) is 6.27. The summed E-state index contributed by atoms with van der Waals surface area (Å²) in [5, 5.41) is 16.8. The molecule has 0 atom stereocenters. The van der Waals surface area contributed by atoms with E-state index in [2.05, 4.69) is 9.97 Å². The van der Waals surface area contributed by atoms with Crippen LogP contribution in [-0.4, -0.2) is 37.2 Å². The highest BCUT2D eigenvalue weighted by Gasteiger charge is 2.14. The van der Waals surface area contributed by atoms with Crippen LogP contribution in [-0.2, 0) is 4.74 Å². The van der Waals surface area contributed by atoms with Gasteiger partial charge in [-0.25, -0.2) is 9.97 Å². The highest BCUT2D eigenvalue weighted by Crippen LogP contribution is 2.31. The predicted octanol–water partition coefficient (Wildman–Crippen LogP) is 2.00. The summed E-state index contributed by atoms with van der Waals surface area (Å²) in [6.07, 6.45) is 1.48. The molecular weight excluding hydrogens is 284 g/mol. The van der Waals surface area contributed by atoms with Crippen LogP contribution < -0.4 is 9.47 Å². The van der Waals surface area contributed by atoms with Gasteiger partial charge in [0.2, 0.25) is 5.90 Å². The van der Waals surface area contributed by atoms with Crippen LogP contribution in [0.1, 0.15) is 11.4 Å². The Balaban J connectivity index is 2.50. The third-order valence-corrected chi connectivity index (χ3v) is 2.98. The fourth-order valence-corrected chi connectivity index (χ4v) is 1.86. The van der Waals surface area contributed by atoms with Gasteiger partial charge in [-0.15, -0.1) is 0 Å². The Morgan fingerprint density at radius 2 is 1.91 bits per heavy atom. The lowest BCUT2D eigenvalue weighted by Crippen LogP contribution is -2.09. The average Bonchev–Trinajstić information content (AvgIpc) is 2.59. The Morgan fingerprint density at radius 1 is 1.18 bits per heavy atom. The molecule has 0 aliphatic carbocycles. The number of nitrogens with zero attached hydrogens (tertiary/aromatic N) is 3. The minimum atomic E-state index is -0.206. The maximum absolute atomic E-state index is 9.17. The molecule has 0 radical (unpaired) electrons. The summed E-state index contributed by atoms with van der Waals surface area (Å²) in [6, 6.07) is 7.19. The average molecular weight is 298 g/mol. The number of benzene rings is 1. The van der Waals surface area contributed by atoms with Crippen molar-refractivity contribution in [2.45, 2.75) is 0 Å². The normalized spacial score (nSPS) is 9.73. The van der Waals surface area contributed by atoms with E-state index in [9.17, 15) is 0 Å². The molecule has 0 aliphatic heterocycles. The molecule has 0 unspecified atom stereocenters. The number of ether oxygens (including phenoxy) is 3. The topological polar surface area (TPSA) is 101 Å². The first-order valence-corrected chi connectivity index (χ1v) is 6.27. The summed E-state index contributed by atoms with van der Waals surface area (Å²) in [5.41, 5.74) is 1.34. The van der Waals surface area contributed by atoms with Crippen molar-refractivity contribution in [3.63, 3.8) is 0 Å². The highest BCUT2D eigenvalue weighted by atomic mass is 16.5. The number of nitrogens with one attached hydrogen (secondary N) is 1. The zero-order valence-electron chi connectivity index (χ0n) is 12.4. The first-order chi connectivity index (χ1) is 10.6. The van der Waals surface area contributed by atoms with Crippen molar-refractivity contribution in [3.05, 3.63) is 35.8 Å². The van der Waals surface area contributed by atoms with Gasteiger partial charge in [0.15, 0.2) is 22.9 Å². The van der Waals surface area contributed by atoms with Crippen molar-refractivity contribution >= 4 is 5.90 Å². The van der Waals surface area contributed by atoms with Crippen LogP contribution in [0.15, 0.2) is 24.4 Å². The van der Waals surface area contributed by atoms with Crippen molar-refractivity contribution in [3.8, 4) is 28.8 Å². The Morgan fingerprint density at radius 3 is 2.50 bits per heavy atom. The molecule has 1 aromatic carbocycles. The Hall–Kier alpha value is -3.14. The van der Waals surface area contributed by atoms with Gasteiger partial charge in [-0.05, 0) is 18.2 Å². The van der Waals surface area contributed by atoms with Crippen molar-refractivity contribution in [1.29, 1.82) is 10.7 Å². The van der Waals surface area contributed by atoms with Crippen molar-refractivity contribution < 1.29 is 14.2 Å². The van der Waals surface area contributed by atoms with Gasteiger partial charge in [0.25, 0.3) is 0 Å². The third-order valence-electron chi connectivity index (χ3n) is 2.98. The van der Waals surface area contributed by atoms with E-state index < -0.39 is 0 Å². The fourth-order valence-electron chi connectivity index (χ4n) is 1.86. The van der Waals surface area contributed by atoms with E-state index in [1.54, 1.807) is 25.3 Å². The molecule has 1 aromatic heterocycles. The first kappa shape index (κ1) is 15.3. The number of nitriles is 1. The second-order valence-electron chi connectivity index (χ2n) is 4.17. The van der Waals surface area contributed by atoms with E-state index in [1.165, 1.54) is 20.4 Å². The summed E-state index contributed by atoms with van der Waals surface area (Å²) in [4.78, 5) is 8.31. The van der Waals surface area contributed by atoms with Crippen LogP contribution in [0.4, 0.5) is 0 Å². The molecule has 7 heteroatoms. The van der Waals surface area contributed by atoms with E-state index in [0.717, 1.165) is 5.56 Å². The third kappa shape index (κ3) is 2.81. The van der Waals surface area contributed by atoms with Crippen molar-refractivity contribution in [2.24, 2.45) is 0 Å². The molecule has 112 valence electrons. The Labute approximate surface area is 127 Å². The molecule has 0 aliphatic rings. The van der Waals surface area contributed by atoms with E-state index in [4.69, 9.17) is 24.9 Å². The summed E-state index contributed by atoms with van der Waals surface area (Å²) < 4.78 is 15.2. The number of hydrogen-bond donors (Lipinski definition) is 1. The second kappa shape index (κ2) is 6.54. The minimum Gasteiger partial charge on any atom is -0.493 e. The zero-order chi connectivity index (χ0) is 16.1. The number of methoxy groups -OCH3 is 3. The molecular formula is C15H14N4O3. The second-order valence-corrected chi connectivity index (χ2v) is 4.17. The lowest BCUT2D eigenvalue weighted by atomic mass is 10.1. The Bertz CT molecular complexity index is 753. The lowest BCUT2D eigenvalue weighted by Gasteiger charge is -2.10. The van der Waals surface area contributed by atoms with E-state index >= 15 is 0 Å². The minimum absolute atomic E-state index is 0.0270. The van der Waals surface area contributed by atoms with Crippen LogP contribution in [0.5, 0.6) is 11.5 Å². The quantitative estimate of drug-likeness (QED) is 0.684. The molecule has 2 rings (SSSR count). The van der Waals surface area contributed by atoms with Gasteiger partial charge in [0.1, 0.15) is 6.07 Å². The molecule has 0 bridgehead atoms. The molecule has 1 heterocycles. The van der Waals surface area contributed by atoms with Gasteiger partial charge in [-0.3, -0.25) is 5.41 Å². The maximum Gasteiger partial charge on any atom is 0.235 e. The number of hydrogen-bond acceptors (Lipinski definition) is 7. The van der Waals surface area contributed by atoms with Crippen molar-refractivity contribution in [1.82, 2.24) is 9.97 Å². The fraction of sp³-hybridized carbons (Fsp3) is 0.200.